The number of carbonyl (C=O) groups excluding carboxylic acids is 5. The number of carboxylic acids is 2. The number of rotatable bonds is 16. The highest BCUT2D eigenvalue weighted by Gasteiger charge is 2.29. The zero-order chi connectivity index (χ0) is 31.3. The maximum Gasteiger partial charge on any atom is 0.326 e. The minimum atomic E-state index is -1.37. The Balaban J connectivity index is 2.81. The molecule has 0 spiro atoms. The van der Waals surface area contributed by atoms with Crippen molar-refractivity contribution in [3.63, 3.8) is 0 Å². The van der Waals surface area contributed by atoms with Crippen LogP contribution in [0.25, 0.3) is 0 Å². The summed E-state index contributed by atoms with van der Waals surface area (Å²) < 4.78 is 0. The van der Waals surface area contributed by atoms with Crippen LogP contribution < -0.4 is 32.3 Å². The van der Waals surface area contributed by atoms with Crippen LogP contribution in [-0.2, 0) is 40.0 Å². The van der Waals surface area contributed by atoms with E-state index in [0.29, 0.717) is 5.56 Å². The van der Waals surface area contributed by atoms with Gasteiger partial charge in [0.25, 0.3) is 0 Å². The van der Waals surface area contributed by atoms with Crippen molar-refractivity contribution in [3.8, 4) is 5.75 Å². The number of nitrogens with two attached hydrogens (primary N) is 1. The van der Waals surface area contributed by atoms with Crippen molar-refractivity contribution in [3.05, 3.63) is 29.8 Å². The fourth-order valence-corrected chi connectivity index (χ4v) is 3.31. The van der Waals surface area contributed by atoms with Gasteiger partial charge in [0.15, 0.2) is 0 Å². The average molecular weight is 581 g/mol. The third-order valence-corrected chi connectivity index (χ3v) is 5.61. The second kappa shape index (κ2) is 16.4. The van der Waals surface area contributed by atoms with E-state index in [1.54, 1.807) is 13.8 Å². The van der Waals surface area contributed by atoms with Gasteiger partial charge >= 0.3 is 11.9 Å². The van der Waals surface area contributed by atoms with E-state index in [-0.39, 0.29) is 12.2 Å². The van der Waals surface area contributed by atoms with Crippen molar-refractivity contribution in [2.24, 2.45) is 11.7 Å². The Labute approximate surface area is 235 Å². The summed E-state index contributed by atoms with van der Waals surface area (Å²) in [7, 11) is 0. The molecule has 10 N–H and O–H groups in total. The second-order valence-electron chi connectivity index (χ2n) is 9.49. The molecule has 1 aromatic rings. The third kappa shape index (κ3) is 12.8. The van der Waals surface area contributed by atoms with E-state index in [9.17, 15) is 43.8 Å². The number of aliphatic carboxylic acids is 2. The Morgan fingerprint density at radius 3 is 1.90 bits per heavy atom. The molecule has 41 heavy (non-hydrogen) atoms. The zero-order valence-electron chi connectivity index (χ0n) is 22.8. The maximum absolute atomic E-state index is 13.0. The SMILES string of the molecule is CC(C)[C@H](NC(=O)[C@H](C)NC(=O)[C@H](Cc1ccc(O)cc1)NC(=O)CNC(=O)CNC(=O)[C@@H](N)CC(=O)O)C(=O)O. The highest BCUT2D eigenvalue weighted by Crippen LogP contribution is 2.12. The summed E-state index contributed by atoms with van der Waals surface area (Å²) >= 11 is 0. The van der Waals surface area contributed by atoms with E-state index < -0.39 is 91.1 Å². The monoisotopic (exact) mass is 580 g/mol. The number of amides is 5. The predicted octanol–water partition coefficient (Wildman–Crippen LogP) is -2.82. The molecule has 4 atom stereocenters. The number of carbonyl (C=O) groups is 7. The molecule has 0 fully saturated rings. The molecule has 226 valence electrons. The molecule has 0 aliphatic rings. The van der Waals surface area contributed by atoms with Crippen LogP contribution in [-0.4, -0.2) is 94.1 Å². The predicted molar refractivity (Wildman–Crippen MR) is 142 cm³/mol. The van der Waals surface area contributed by atoms with Crippen LogP contribution in [0.1, 0.15) is 32.8 Å². The van der Waals surface area contributed by atoms with Gasteiger partial charge in [-0.25, -0.2) is 4.79 Å². The molecule has 0 aromatic heterocycles. The van der Waals surface area contributed by atoms with Crippen molar-refractivity contribution in [1.29, 1.82) is 0 Å². The number of aromatic hydroxyl groups is 1. The first kappa shape index (κ1) is 34.3. The molecule has 0 unspecified atom stereocenters. The number of hydrogen-bond donors (Lipinski definition) is 9. The molecule has 16 nitrogen and oxygen atoms in total. The summed E-state index contributed by atoms with van der Waals surface area (Å²) in [6, 6.07) is 0.804. The lowest BCUT2D eigenvalue weighted by atomic mass is 10.0. The lowest BCUT2D eigenvalue weighted by Crippen LogP contribution is -2.56. The number of phenolic OH excluding ortho intramolecular Hbond substituents is 1. The van der Waals surface area contributed by atoms with E-state index in [1.165, 1.54) is 31.2 Å². The van der Waals surface area contributed by atoms with E-state index >= 15 is 0 Å². The number of phenols is 1. The smallest absolute Gasteiger partial charge is 0.326 e. The van der Waals surface area contributed by atoms with Gasteiger partial charge in [0.2, 0.25) is 29.5 Å². The molecule has 5 amide bonds. The normalized spacial score (nSPS) is 13.6. The van der Waals surface area contributed by atoms with Gasteiger partial charge in [-0.1, -0.05) is 26.0 Å². The van der Waals surface area contributed by atoms with Gasteiger partial charge in [-0.3, -0.25) is 28.8 Å². The average Bonchev–Trinajstić information content (AvgIpc) is 2.88. The number of hydrogen-bond acceptors (Lipinski definition) is 9. The van der Waals surface area contributed by atoms with Crippen LogP contribution in [0, 0.1) is 5.92 Å². The molecule has 0 radical (unpaired) electrons. The summed E-state index contributed by atoms with van der Waals surface area (Å²) in [5, 5.41) is 39.0. The van der Waals surface area contributed by atoms with Gasteiger partial charge < -0.3 is 47.6 Å². The van der Waals surface area contributed by atoms with Gasteiger partial charge in [-0.2, -0.15) is 0 Å². The number of benzene rings is 1. The van der Waals surface area contributed by atoms with Crippen LogP contribution >= 0.6 is 0 Å². The van der Waals surface area contributed by atoms with Crippen LogP contribution in [0.15, 0.2) is 24.3 Å². The van der Waals surface area contributed by atoms with Crippen LogP contribution in [0.2, 0.25) is 0 Å². The minimum absolute atomic E-state index is 0.0269. The minimum Gasteiger partial charge on any atom is -0.508 e. The zero-order valence-corrected chi connectivity index (χ0v) is 22.8. The van der Waals surface area contributed by atoms with Crippen molar-refractivity contribution >= 4 is 41.5 Å². The van der Waals surface area contributed by atoms with Crippen molar-refractivity contribution in [2.45, 2.75) is 57.8 Å². The van der Waals surface area contributed by atoms with Gasteiger partial charge in [0.05, 0.1) is 25.6 Å². The molecule has 0 saturated carbocycles. The van der Waals surface area contributed by atoms with Crippen LogP contribution in [0.5, 0.6) is 5.75 Å². The standard InChI is InChI=1S/C25H36N6O10/c1-12(2)21(25(40)41)31-22(37)13(3)29-24(39)17(8-14-4-6-15(32)7-5-14)30-19(34)11-27-18(33)10-28-23(38)16(26)9-20(35)36/h4-7,12-13,16-17,21,32H,8-11,26H2,1-3H3,(H,27,33)(H,28,38)(H,29,39)(H,30,34)(H,31,37)(H,35,36)(H,40,41)/t13-,16-,17-,21-/m0/s1. The largest absolute Gasteiger partial charge is 0.508 e. The molecule has 0 heterocycles. The first-order valence-electron chi connectivity index (χ1n) is 12.5. The van der Waals surface area contributed by atoms with E-state index in [2.05, 4.69) is 26.6 Å². The molecule has 16 heteroatoms. The van der Waals surface area contributed by atoms with E-state index in [1.807, 2.05) is 0 Å². The lowest BCUT2D eigenvalue weighted by Gasteiger charge is -2.23. The van der Waals surface area contributed by atoms with Crippen LogP contribution in [0.3, 0.4) is 0 Å². The molecule has 0 saturated heterocycles. The molecular weight excluding hydrogens is 544 g/mol. The Hall–Kier alpha value is -4.73. The first-order valence-corrected chi connectivity index (χ1v) is 12.5. The molecule has 0 aliphatic heterocycles. The summed E-state index contributed by atoms with van der Waals surface area (Å²) in [6.07, 6.45) is -0.708. The van der Waals surface area contributed by atoms with E-state index in [4.69, 9.17) is 10.8 Å². The van der Waals surface area contributed by atoms with Crippen LogP contribution in [0.4, 0.5) is 0 Å². The highest BCUT2D eigenvalue weighted by molar-refractivity contribution is 5.94. The fourth-order valence-electron chi connectivity index (χ4n) is 3.31. The number of nitrogens with one attached hydrogen (secondary N) is 5. The summed E-state index contributed by atoms with van der Waals surface area (Å²) in [5.74, 6) is -6.99. The Bertz CT molecular complexity index is 1120. The molecule has 0 aliphatic carbocycles. The van der Waals surface area contributed by atoms with Crippen molar-refractivity contribution < 1.29 is 48.9 Å². The topological polar surface area (TPSA) is 266 Å². The van der Waals surface area contributed by atoms with Crippen molar-refractivity contribution in [2.75, 3.05) is 13.1 Å². The lowest BCUT2D eigenvalue weighted by molar-refractivity contribution is -0.143. The van der Waals surface area contributed by atoms with E-state index in [0.717, 1.165) is 0 Å². The summed E-state index contributed by atoms with van der Waals surface area (Å²) in [5.41, 5.74) is 5.93. The molecule has 1 aromatic carbocycles. The Morgan fingerprint density at radius 2 is 1.37 bits per heavy atom. The van der Waals surface area contributed by atoms with Gasteiger partial charge in [0, 0.05) is 6.42 Å². The molecule has 0 bridgehead atoms. The molecular formula is C25H36N6O10. The fraction of sp³-hybridized carbons (Fsp3) is 0.480. The van der Waals surface area contributed by atoms with Crippen molar-refractivity contribution in [1.82, 2.24) is 26.6 Å². The highest BCUT2D eigenvalue weighted by atomic mass is 16.4. The molecule has 1 rings (SSSR count). The Kier molecular flexibility index (Phi) is 13.7. The van der Waals surface area contributed by atoms with Gasteiger partial charge in [0.1, 0.15) is 23.9 Å². The summed E-state index contributed by atoms with van der Waals surface area (Å²) in [6.45, 7) is 3.36. The third-order valence-electron chi connectivity index (χ3n) is 5.61. The summed E-state index contributed by atoms with van der Waals surface area (Å²) in [4.78, 5) is 83.8. The maximum atomic E-state index is 13.0. The number of carboxylic acid groups (broad SMARTS) is 2. The van der Waals surface area contributed by atoms with Gasteiger partial charge in [-0.05, 0) is 30.5 Å². The Morgan fingerprint density at radius 1 is 0.780 bits per heavy atom. The quantitative estimate of drug-likeness (QED) is 0.0962. The van der Waals surface area contributed by atoms with Gasteiger partial charge in [-0.15, -0.1) is 0 Å². The second-order valence-corrected chi connectivity index (χ2v) is 9.49. The first-order chi connectivity index (χ1) is 19.1.